The number of rotatable bonds is 5. The van der Waals surface area contributed by atoms with Crippen LogP contribution < -0.4 is 4.74 Å². The standard InChI is InChI=1S/C13H17BrO3/c1-8(2)6-10(13(15)16)9-4-5-12(17-3)11(14)7-9/h4-5,7-8,10H,6H2,1-3H3,(H,15,16). The first-order valence-corrected chi connectivity index (χ1v) is 6.31. The van der Waals surface area contributed by atoms with Gasteiger partial charge in [-0.25, -0.2) is 0 Å². The maximum Gasteiger partial charge on any atom is 0.310 e. The number of methoxy groups -OCH3 is 1. The second kappa shape index (κ2) is 6.05. The highest BCUT2D eigenvalue weighted by molar-refractivity contribution is 9.10. The van der Waals surface area contributed by atoms with Crippen molar-refractivity contribution >= 4 is 21.9 Å². The molecule has 1 rings (SSSR count). The summed E-state index contributed by atoms with van der Waals surface area (Å²) in [7, 11) is 1.59. The van der Waals surface area contributed by atoms with E-state index in [1.54, 1.807) is 13.2 Å². The highest BCUT2D eigenvalue weighted by atomic mass is 79.9. The van der Waals surface area contributed by atoms with Crippen LogP contribution in [-0.2, 0) is 4.79 Å². The lowest BCUT2D eigenvalue weighted by atomic mass is 9.90. The summed E-state index contributed by atoms with van der Waals surface area (Å²) in [4.78, 5) is 11.3. The van der Waals surface area contributed by atoms with Gasteiger partial charge in [-0.05, 0) is 46.0 Å². The lowest BCUT2D eigenvalue weighted by molar-refractivity contribution is -0.139. The number of hydrogen-bond donors (Lipinski definition) is 1. The minimum Gasteiger partial charge on any atom is -0.496 e. The van der Waals surface area contributed by atoms with Gasteiger partial charge in [0.15, 0.2) is 0 Å². The van der Waals surface area contributed by atoms with Gasteiger partial charge in [0.2, 0.25) is 0 Å². The fourth-order valence-corrected chi connectivity index (χ4v) is 2.31. The third-order valence-electron chi connectivity index (χ3n) is 2.58. The van der Waals surface area contributed by atoms with Gasteiger partial charge in [-0.2, -0.15) is 0 Å². The molecule has 1 aromatic rings. The maximum atomic E-state index is 11.3. The Labute approximate surface area is 110 Å². The van der Waals surface area contributed by atoms with E-state index >= 15 is 0 Å². The monoisotopic (exact) mass is 300 g/mol. The van der Waals surface area contributed by atoms with Gasteiger partial charge in [0, 0.05) is 0 Å². The summed E-state index contributed by atoms with van der Waals surface area (Å²) in [6.45, 7) is 4.04. The van der Waals surface area contributed by atoms with E-state index in [9.17, 15) is 9.90 Å². The van der Waals surface area contributed by atoms with Crippen LogP contribution in [0, 0.1) is 5.92 Å². The fourth-order valence-electron chi connectivity index (χ4n) is 1.75. The number of carboxylic acid groups (broad SMARTS) is 1. The lowest BCUT2D eigenvalue weighted by Gasteiger charge is -2.16. The van der Waals surface area contributed by atoms with E-state index in [2.05, 4.69) is 15.9 Å². The number of halogens is 1. The van der Waals surface area contributed by atoms with Crippen molar-refractivity contribution in [1.29, 1.82) is 0 Å². The van der Waals surface area contributed by atoms with E-state index in [-0.39, 0.29) is 0 Å². The van der Waals surface area contributed by atoms with Crippen molar-refractivity contribution < 1.29 is 14.6 Å². The third kappa shape index (κ3) is 3.73. The molecule has 94 valence electrons. The normalized spacial score (nSPS) is 12.5. The topological polar surface area (TPSA) is 46.5 Å². The smallest absolute Gasteiger partial charge is 0.310 e. The molecule has 0 bridgehead atoms. The van der Waals surface area contributed by atoms with Gasteiger partial charge in [0.05, 0.1) is 17.5 Å². The molecule has 1 N–H and O–H groups in total. The van der Waals surface area contributed by atoms with Crippen molar-refractivity contribution in [2.24, 2.45) is 5.92 Å². The Morgan fingerprint density at radius 3 is 2.53 bits per heavy atom. The Bertz CT molecular complexity index is 402. The fraction of sp³-hybridized carbons (Fsp3) is 0.462. The molecule has 0 aliphatic rings. The summed E-state index contributed by atoms with van der Waals surface area (Å²) >= 11 is 3.37. The molecule has 3 nitrogen and oxygen atoms in total. The van der Waals surface area contributed by atoms with E-state index in [1.165, 1.54) is 0 Å². The number of benzene rings is 1. The zero-order valence-electron chi connectivity index (χ0n) is 10.2. The molecule has 0 saturated carbocycles. The Hall–Kier alpha value is -1.03. The molecule has 0 aliphatic carbocycles. The molecule has 4 heteroatoms. The van der Waals surface area contributed by atoms with Crippen LogP contribution in [0.15, 0.2) is 22.7 Å². The minimum atomic E-state index is -0.782. The average molecular weight is 301 g/mol. The molecule has 0 radical (unpaired) electrons. The number of carbonyl (C=O) groups is 1. The zero-order valence-corrected chi connectivity index (χ0v) is 11.8. The van der Waals surface area contributed by atoms with Crippen molar-refractivity contribution in [1.82, 2.24) is 0 Å². The molecular weight excluding hydrogens is 284 g/mol. The van der Waals surface area contributed by atoms with Crippen LogP contribution in [0.3, 0.4) is 0 Å². The van der Waals surface area contributed by atoms with Crippen LogP contribution >= 0.6 is 15.9 Å². The Morgan fingerprint density at radius 2 is 2.12 bits per heavy atom. The molecule has 0 aliphatic heterocycles. The molecule has 0 spiro atoms. The molecule has 17 heavy (non-hydrogen) atoms. The highest BCUT2D eigenvalue weighted by Gasteiger charge is 2.21. The average Bonchev–Trinajstić information content (AvgIpc) is 2.25. The highest BCUT2D eigenvalue weighted by Crippen LogP contribution is 2.31. The van der Waals surface area contributed by atoms with Gasteiger partial charge in [-0.15, -0.1) is 0 Å². The predicted molar refractivity (Wildman–Crippen MR) is 70.5 cm³/mol. The summed E-state index contributed by atoms with van der Waals surface area (Å²) in [6, 6.07) is 5.42. The SMILES string of the molecule is COc1ccc(C(CC(C)C)C(=O)O)cc1Br. The Morgan fingerprint density at radius 1 is 1.47 bits per heavy atom. The summed E-state index contributed by atoms with van der Waals surface area (Å²) in [5.41, 5.74) is 0.805. The predicted octanol–water partition coefficient (Wildman–Crippen LogP) is 3.67. The summed E-state index contributed by atoms with van der Waals surface area (Å²) in [5.74, 6) is -0.188. The second-order valence-corrected chi connectivity index (χ2v) is 5.27. The molecular formula is C13H17BrO3. The summed E-state index contributed by atoms with van der Waals surface area (Å²) in [5, 5.41) is 9.25. The van der Waals surface area contributed by atoms with Gasteiger partial charge < -0.3 is 9.84 Å². The van der Waals surface area contributed by atoms with Crippen LogP contribution in [0.25, 0.3) is 0 Å². The summed E-state index contributed by atoms with van der Waals surface area (Å²) < 4.78 is 5.91. The largest absolute Gasteiger partial charge is 0.496 e. The van der Waals surface area contributed by atoms with Crippen molar-refractivity contribution in [3.05, 3.63) is 28.2 Å². The number of hydrogen-bond acceptors (Lipinski definition) is 2. The van der Waals surface area contributed by atoms with Gasteiger partial charge in [-0.1, -0.05) is 19.9 Å². The first-order valence-electron chi connectivity index (χ1n) is 5.52. The first-order chi connectivity index (χ1) is 7.95. The third-order valence-corrected chi connectivity index (χ3v) is 3.20. The van der Waals surface area contributed by atoms with E-state index in [1.807, 2.05) is 26.0 Å². The second-order valence-electron chi connectivity index (χ2n) is 4.41. The molecule has 0 fully saturated rings. The van der Waals surface area contributed by atoms with E-state index in [4.69, 9.17) is 4.74 Å². The molecule has 0 amide bonds. The minimum absolute atomic E-state index is 0.344. The molecule has 1 unspecified atom stereocenters. The number of ether oxygens (including phenoxy) is 1. The van der Waals surface area contributed by atoms with Crippen LogP contribution in [0.2, 0.25) is 0 Å². The van der Waals surface area contributed by atoms with E-state index in [0.29, 0.717) is 18.1 Å². The quantitative estimate of drug-likeness (QED) is 0.902. The molecule has 1 aromatic carbocycles. The zero-order chi connectivity index (χ0) is 13.0. The van der Waals surface area contributed by atoms with E-state index < -0.39 is 11.9 Å². The molecule has 0 aromatic heterocycles. The number of aliphatic carboxylic acids is 1. The Balaban J connectivity index is 3.02. The molecule has 1 atom stereocenters. The van der Waals surface area contributed by atoms with Crippen molar-refractivity contribution in [2.45, 2.75) is 26.2 Å². The summed E-state index contributed by atoms with van der Waals surface area (Å²) in [6.07, 6.45) is 0.633. The van der Waals surface area contributed by atoms with E-state index in [0.717, 1.165) is 10.0 Å². The first kappa shape index (κ1) is 14.0. The maximum absolute atomic E-state index is 11.3. The van der Waals surface area contributed by atoms with Gasteiger partial charge in [0.25, 0.3) is 0 Å². The molecule has 0 saturated heterocycles. The van der Waals surface area contributed by atoms with Crippen molar-refractivity contribution in [2.75, 3.05) is 7.11 Å². The van der Waals surface area contributed by atoms with Gasteiger partial charge >= 0.3 is 5.97 Å². The van der Waals surface area contributed by atoms with Crippen molar-refractivity contribution in [3.63, 3.8) is 0 Å². The van der Waals surface area contributed by atoms with Crippen LogP contribution in [0.5, 0.6) is 5.75 Å². The molecule has 0 heterocycles. The Kier molecular flexibility index (Phi) is 5.00. The van der Waals surface area contributed by atoms with Gasteiger partial charge in [0.1, 0.15) is 5.75 Å². The number of carboxylic acids is 1. The van der Waals surface area contributed by atoms with Gasteiger partial charge in [-0.3, -0.25) is 4.79 Å². The van der Waals surface area contributed by atoms with Crippen LogP contribution in [0.1, 0.15) is 31.7 Å². The van der Waals surface area contributed by atoms with Crippen molar-refractivity contribution in [3.8, 4) is 5.75 Å². The lowest BCUT2D eigenvalue weighted by Crippen LogP contribution is -2.14. The van der Waals surface area contributed by atoms with Crippen LogP contribution in [-0.4, -0.2) is 18.2 Å². The van der Waals surface area contributed by atoms with Crippen LogP contribution in [0.4, 0.5) is 0 Å².